The molecule has 6 nitrogen and oxygen atoms in total. The Morgan fingerprint density at radius 3 is 2.30 bits per heavy atom. The second kappa shape index (κ2) is 10.5. The van der Waals surface area contributed by atoms with Gasteiger partial charge in [0.25, 0.3) is 0 Å². The summed E-state index contributed by atoms with van der Waals surface area (Å²) in [5.41, 5.74) is 9.79. The van der Waals surface area contributed by atoms with Gasteiger partial charge in [0, 0.05) is 41.5 Å². The average Bonchev–Trinajstić information content (AvgIpc) is 3.62. The fraction of sp³-hybridized carbons (Fsp3) is 0.0732. The summed E-state index contributed by atoms with van der Waals surface area (Å²) in [6, 6.07) is 43.7. The number of hydrogen-bond donors (Lipinski definition) is 1. The standard InChI is InChI=1S/C41H30N4O2/c1-44-35-21-19-28(23-36(35)45(2)41(44)46)27-13-8-14-29(22-27)33-24-34(43-40(42-33)26-11-4-3-5-12-26)31-16-9-17-37-38(31)32-20-18-25-10-6-7-15-30(25)39(32)47-37/h3-24,34H,1-2H3,(H,42,43). The molecule has 9 rings (SSSR count). The zero-order valence-electron chi connectivity index (χ0n) is 25.9. The molecule has 8 aromatic rings. The Bertz CT molecular complexity index is 2650. The first-order chi connectivity index (χ1) is 23.0. The predicted octanol–water partition coefficient (Wildman–Crippen LogP) is 8.73. The molecular formula is C41H30N4O2. The molecule has 0 amide bonds. The maximum Gasteiger partial charge on any atom is 0.328 e. The van der Waals surface area contributed by atoms with Crippen LogP contribution in [0.2, 0.25) is 0 Å². The zero-order chi connectivity index (χ0) is 31.6. The Kier molecular flexibility index (Phi) is 6.05. The van der Waals surface area contributed by atoms with E-state index < -0.39 is 0 Å². The first-order valence-corrected chi connectivity index (χ1v) is 15.7. The van der Waals surface area contributed by atoms with Crippen molar-refractivity contribution in [3.05, 3.63) is 161 Å². The van der Waals surface area contributed by atoms with Gasteiger partial charge in [0.1, 0.15) is 17.0 Å². The topological polar surface area (TPSA) is 64.5 Å². The van der Waals surface area contributed by atoms with E-state index in [0.29, 0.717) is 0 Å². The number of rotatable bonds is 4. The summed E-state index contributed by atoms with van der Waals surface area (Å²) >= 11 is 0. The normalized spacial score (nSPS) is 14.9. The van der Waals surface area contributed by atoms with E-state index in [0.717, 1.165) is 83.1 Å². The van der Waals surface area contributed by atoms with E-state index in [-0.39, 0.29) is 11.7 Å². The largest absolute Gasteiger partial charge is 0.455 e. The first kappa shape index (κ1) is 27.2. The van der Waals surface area contributed by atoms with Crippen molar-refractivity contribution >= 4 is 55.3 Å². The maximum atomic E-state index is 12.6. The molecule has 0 saturated carbocycles. The quantitative estimate of drug-likeness (QED) is 0.217. The molecule has 226 valence electrons. The highest BCUT2D eigenvalue weighted by Gasteiger charge is 2.23. The van der Waals surface area contributed by atoms with Crippen molar-refractivity contribution in [3.63, 3.8) is 0 Å². The molecule has 1 atom stereocenters. The van der Waals surface area contributed by atoms with E-state index in [1.807, 2.05) is 44.4 Å². The van der Waals surface area contributed by atoms with Gasteiger partial charge in [-0.2, -0.15) is 0 Å². The van der Waals surface area contributed by atoms with Gasteiger partial charge in [0.15, 0.2) is 0 Å². The van der Waals surface area contributed by atoms with Gasteiger partial charge in [-0.25, -0.2) is 4.79 Å². The molecular weight excluding hydrogens is 580 g/mol. The molecule has 0 saturated heterocycles. The van der Waals surface area contributed by atoms with Crippen LogP contribution in [0.15, 0.2) is 148 Å². The highest BCUT2D eigenvalue weighted by molar-refractivity contribution is 6.16. The van der Waals surface area contributed by atoms with Gasteiger partial charge in [0.2, 0.25) is 0 Å². The molecule has 0 spiro atoms. The molecule has 47 heavy (non-hydrogen) atoms. The van der Waals surface area contributed by atoms with Crippen molar-refractivity contribution in [2.24, 2.45) is 19.1 Å². The van der Waals surface area contributed by atoms with Crippen molar-refractivity contribution in [2.75, 3.05) is 0 Å². The number of aryl methyl sites for hydroxylation is 2. The number of nitrogens with zero attached hydrogens (tertiary/aromatic N) is 3. The number of amidine groups is 1. The average molecular weight is 611 g/mol. The minimum absolute atomic E-state index is 0.0326. The van der Waals surface area contributed by atoms with Crippen LogP contribution in [0.3, 0.4) is 0 Å². The highest BCUT2D eigenvalue weighted by Crippen LogP contribution is 2.40. The van der Waals surface area contributed by atoms with Crippen LogP contribution in [0.5, 0.6) is 0 Å². The second-order valence-corrected chi connectivity index (χ2v) is 12.2. The van der Waals surface area contributed by atoms with E-state index >= 15 is 0 Å². The number of imidazole rings is 1. The van der Waals surface area contributed by atoms with Crippen LogP contribution >= 0.6 is 0 Å². The molecule has 0 fully saturated rings. The van der Waals surface area contributed by atoms with Crippen molar-refractivity contribution in [3.8, 4) is 11.1 Å². The van der Waals surface area contributed by atoms with Crippen LogP contribution in [-0.2, 0) is 14.1 Å². The van der Waals surface area contributed by atoms with Gasteiger partial charge in [-0.1, -0.05) is 97.1 Å². The number of aromatic nitrogens is 2. The van der Waals surface area contributed by atoms with Crippen LogP contribution in [0.25, 0.3) is 60.6 Å². The van der Waals surface area contributed by atoms with Gasteiger partial charge in [0.05, 0.1) is 17.1 Å². The third-order valence-corrected chi connectivity index (χ3v) is 9.41. The number of benzene rings is 6. The summed E-state index contributed by atoms with van der Waals surface area (Å²) in [6.45, 7) is 0. The summed E-state index contributed by atoms with van der Waals surface area (Å²) in [7, 11) is 3.63. The van der Waals surface area contributed by atoms with Crippen molar-refractivity contribution in [1.82, 2.24) is 14.5 Å². The van der Waals surface area contributed by atoms with Gasteiger partial charge in [-0.3, -0.25) is 14.1 Å². The number of furan rings is 1. The van der Waals surface area contributed by atoms with E-state index in [2.05, 4.69) is 108 Å². The van der Waals surface area contributed by atoms with Crippen molar-refractivity contribution in [1.29, 1.82) is 0 Å². The molecule has 0 radical (unpaired) electrons. The number of aliphatic imine (C=N–C) groups is 1. The van der Waals surface area contributed by atoms with Crippen LogP contribution in [-0.4, -0.2) is 15.0 Å². The van der Waals surface area contributed by atoms with Crippen LogP contribution < -0.4 is 11.0 Å². The fourth-order valence-electron chi connectivity index (χ4n) is 6.99. The first-order valence-electron chi connectivity index (χ1n) is 15.7. The van der Waals surface area contributed by atoms with Gasteiger partial charge in [-0.05, 0) is 64.0 Å². The lowest BCUT2D eigenvalue weighted by Gasteiger charge is -2.24. The lowest BCUT2D eigenvalue weighted by molar-refractivity contribution is 0.672. The summed E-state index contributed by atoms with van der Waals surface area (Å²) < 4.78 is 9.91. The molecule has 6 aromatic carbocycles. The smallest absolute Gasteiger partial charge is 0.328 e. The van der Waals surface area contributed by atoms with E-state index in [9.17, 15) is 4.79 Å². The molecule has 6 heteroatoms. The van der Waals surface area contributed by atoms with Gasteiger partial charge >= 0.3 is 5.69 Å². The highest BCUT2D eigenvalue weighted by atomic mass is 16.3. The van der Waals surface area contributed by atoms with Crippen LogP contribution in [0.1, 0.15) is 22.7 Å². The summed E-state index contributed by atoms with van der Waals surface area (Å²) in [6.07, 6.45) is 2.21. The van der Waals surface area contributed by atoms with E-state index in [1.54, 1.807) is 9.13 Å². The summed E-state index contributed by atoms with van der Waals surface area (Å²) in [4.78, 5) is 17.9. The summed E-state index contributed by atoms with van der Waals surface area (Å²) in [5.74, 6) is 0.814. The Morgan fingerprint density at radius 1 is 0.660 bits per heavy atom. The minimum atomic E-state index is -0.253. The molecule has 3 heterocycles. The lowest BCUT2D eigenvalue weighted by atomic mass is 9.95. The maximum absolute atomic E-state index is 12.6. The minimum Gasteiger partial charge on any atom is -0.455 e. The van der Waals surface area contributed by atoms with Crippen LogP contribution in [0.4, 0.5) is 0 Å². The molecule has 2 aromatic heterocycles. The van der Waals surface area contributed by atoms with E-state index in [4.69, 9.17) is 9.41 Å². The molecule has 1 N–H and O–H groups in total. The molecule has 1 unspecified atom stereocenters. The van der Waals surface area contributed by atoms with E-state index in [1.165, 1.54) is 0 Å². The van der Waals surface area contributed by atoms with Crippen LogP contribution in [0, 0.1) is 0 Å². The Morgan fingerprint density at radius 2 is 1.40 bits per heavy atom. The number of fused-ring (bicyclic) bond motifs is 6. The SMILES string of the molecule is Cn1c(=O)n(C)c2cc(-c3cccc(C4=CC(c5cccc6oc7c8ccccc8ccc7c56)N=C(c5ccccc5)N4)c3)ccc21. The molecule has 0 aliphatic carbocycles. The Labute approximate surface area is 270 Å². The number of hydrogen-bond acceptors (Lipinski definition) is 4. The number of nitrogens with one attached hydrogen (secondary N) is 1. The second-order valence-electron chi connectivity index (χ2n) is 12.2. The molecule has 1 aliphatic rings. The molecule has 1 aliphatic heterocycles. The fourth-order valence-corrected chi connectivity index (χ4v) is 6.99. The third-order valence-electron chi connectivity index (χ3n) is 9.41. The van der Waals surface area contributed by atoms with Crippen molar-refractivity contribution < 1.29 is 4.42 Å². The summed E-state index contributed by atoms with van der Waals surface area (Å²) in [5, 5.41) is 8.09. The monoisotopic (exact) mass is 610 g/mol. The Balaban J connectivity index is 1.20. The Hall–Kier alpha value is -6.14. The predicted molar refractivity (Wildman–Crippen MR) is 192 cm³/mol. The lowest BCUT2D eigenvalue weighted by Crippen LogP contribution is -2.27. The molecule has 0 bridgehead atoms. The van der Waals surface area contributed by atoms with Crippen molar-refractivity contribution in [2.45, 2.75) is 6.04 Å². The van der Waals surface area contributed by atoms with Gasteiger partial charge in [-0.15, -0.1) is 0 Å². The third kappa shape index (κ3) is 4.33. The van der Waals surface area contributed by atoms with Gasteiger partial charge < -0.3 is 9.73 Å². The zero-order valence-corrected chi connectivity index (χ0v) is 25.9.